The fraction of sp³-hybridized carbons (Fsp3) is 0.333. The van der Waals surface area contributed by atoms with Gasteiger partial charge in [-0.3, -0.25) is 9.36 Å². The summed E-state index contributed by atoms with van der Waals surface area (Å²) in [4.78, 5) is 39.7. The molecule has 1 amide bonds. The minimum atomic E-state index is -0.837. The third-order valence-corrected chi connectivity index (χ3v) is 9.61. The molecule has 2 aliphatic rings. The highest BCUT2D eigenvalue weighted by atomic mass is 35.5. The van der Waals surface area contributed by atoms with Crippen molar-refractivity contribution in [1.82, 2.24) is 24.0 Å². The normalized spacial score (nSPS) is 20.6. The van der Waals surface area contributed by atoms with Crippen LogP contribution in [0.25, 0.3) is 22.0 Å². The van der Waals surface area contributed by atoms with Crippen LogP contribution >= 0.6 is 23.4 Å². The topological polar surface area (TPSA) is 76.3 Å². The zero-order chi connectivity index (χ0) is 29.9. The second-order valence-electron chi connectivity index (χ2n) is 10.9. The molecule has 1 saturated heterocycles. The average molecular weight is 611 g/mol. The number of piperazine rings is 1. The zero-order valence-electron chi connectivity index (χ0n) is 23.4. The molecule has 12 heteroatoms. The highest BCUT2D eigenvalue weighted by molar-refractivity contribution is 7.99. The molecule has 4 heterocycles. The summed E-state index contributed by atoms with van der Waals surface area (Å²) in [5.41, 5.74) is 1.68. The van der Waals surface area contributed by atoms with E-state index >= 15 is 4.39 Å². The van der Waals surface area contributed by atoms with E-state index in [0.717, 1.165) is 17.0 Å². The zero-order valence-corrected chi connectivity index (χ0v) is 24.9. The van der Waals surface area contributed by atoms with Gasteiger partial charge in [0, 0.05) is 77.3 Å². The molecule has 2 aliphatic heterocycles. The van der Waals surface area contributed by atoms with Crippen molar-refractivity contribution in [2.75, 3.05) is 23.7 Å². The molecule has 8 nitrogen and oxygen atoms in total. The maximum atomic E-state index is 15.4. The van der Waals surface area contributed by atoms with Crippen LogP contribution in [0.4, 0.5) is 14.6 Å². The predicted octanol–water partition coefficient (Wildman–Crippen LogP) is 5.46. The van der Waals surface area contributed by atoms with Crippen LogP contribution < -0.4 is 10.6 Å². The molecule has 0 bridgehead atoms. The van der Waals surface area contributed by atoms with Crippen LogP contribution in [-0.2, 0) is 11.3 Å². The molecule has 0 radical (unpaired) electrons. The summed E-state index contributed by atoms with van der Waals surface area (Å²) in [5, 5.41) is 0.567. The van der Waals surface area contributed by atoms with Gasteiger partial charge < -0.3 is 14.4 Å². The van der Waals surface area contributed by atoms with Gasteiger partial charge >= 0.3 is 5.69 Å². The third kappa shape index (κ3) is 4.68. The van der Waals surface area contributed by atoms with E-state index in [2.05, 4.69) is 16.5 Å². The van der Waals surface area contributed by atoms with E-state index < -0.39 is 17.3 Å². The maximum absolute atomic E-state index is 15.4. The number of benzene rings is 2. The van der Waals surface area contributed by atoms with Crippen LogP contribution in [0, 0.1) is 18.6 Å². The smallest absolute Gasteiger partial charge is 0.350 e. The van der Waals surface area contributed by atoms with Gasteiger partial charge in [0.25, 0.3) is 0 Å². The molecule has 2 aromatic heterocycles. The highest BCUT2D eigenvalue weighted by Gasteiger charge is 2.35. The number of hydrogen-bond acceptors (Lipinski definition) is 6. The van der Waals surface area contributed by atoms with Gasteiger partial charge in [-0.1, -0.05) is 18.2 Å². The number of anilines is 1. The second-order valence-corrected chi connectivity index (χ2v) is 12.3. The SMILES string of the molecule is C=CC(=O)N1[C@H](C)CN(c2nc(=O)n3c4c(c(-c5cc(Cl)c(F)cc5F)c(C)cc24)SCC(n2ccnc2)C3)C[C@@H]1C. The summed E-state index contributed by atoms with van der Waals surface area (Å²) in [6, 6.07) is 3.59. The Morgan fingerprint density at radius 3 is 2.55 bits per heavy atom. The summed E-state index contributed by atoms with van der Waals surface area (Å²) < 4.78 is 33.1. The van der Waals surface area contributed by atoms with Crippen molar-refractivity contribution in [3.63, 3.8) is 0 Å². The van der Waals surface area contributed by atoms with Crippen LogP contribution in [0.5, 0.6) is 0 Å². The lowest BCUT2D eigenvalue weighted by atomic mass is 9.97. The predicted molar refractivity (Wildman–Crippen MR) is 161 cm³/mol. The lowest BCUT2D eigenvalue weighted by molar-refractivity contribution is -0.130. The van der Waals surface area contributed by atoms with Crippen LogP contribution in [0.2, 0.25) is 5.02 Å². The quantitative estimate of drug-likeness (QED) is 0.226. The molecule has 2 aromatic carbocycles. The van der Waals surface area contributed by atoms with Crippen LogP contribution in [0.1, 0.15) is 25.5 Å². The van der Waals surface area contributed by atoms with Crippen LogP contribution in [0.15, 0.2) is 59.3 Å². The van der Waals surface area contributed by atoms with Crippen molar-refractivity contribution >= 4 is 46.0 Å². The third-order valence-electron chi connectivity index (χ3n) is 8.08. The number of imidazole rings is 1. The monoisotopic (exact) mass is 610 g/mol. The number of nitrogens with zero attached hydrogens (tertiary/aromatic N) is 6. The molecule has 218 valence electrons. The van der Waals surface area contributed by atoms with Crippen LogP contribution in [0.3, 0.4) is 0 Å². The molecule has 0 N–H and O–H groups in total. The van der Waals surface area contributed by atoms with E-state index in [9.17, 15) is 14.0 Å². The van der Waals surface area contributed by atoms with Gasteiger partial charge in [-0.15, -0.1) is 11.8 Å². The van der Waals surface area contributed by atoms with E-state index in [1.165, 1.54) is 23.9 Å². The van der Waals surface area contributed by atoms with E-state index in [1.807, 2.05) is 42.5 Å². The number of halogens is 3. The number of carbonyl (C=O) groups is 1. The molecule has 4 aromatic rings. The van der Waals surface area contributed by atoms with Crippen molar-refractivity contribution in [2.24, 2.45) is 0 Å². The largest absolute Gasteiger partial charge is 0.352 e. The van der Waals surface area contributed by atoms with E-state index in [4.69, 9.17) is 11.6 Å². The van der Waals surface area contributed by atoms with Gasteiger partial charge in [0.05, 0.1) is 22.9 Å². The van der Waals surface area contributed by atoms with Crippen molar-refractivity contribution in [3.8, 4) is 11.1 Å². The number of rotatable bonds is 4. The molecule has 6 rings (SSSR count). The Kier molecular flexibility index (Phi) is 7.34. The number of hydrogen-bond donors (Lipinski definition) is 0. The number of thioether (sulfide) groups is 1. The first kappa shape index (κ1) is 28.4. The van der Waals surface area contributed by atoms with E-state index in [1.54, 1.807) is 22.0 Å². The molecule has 0 aliphatic carbocycles. The number of aryl methyl sites for hydroxylation is 1. The van der Waals surface area contributed by atoms with Gasteiger partial charge in [0.1, 0.15) is 17.5 Å². The lowest BCUT2D eigenvalue weighted by Gasteiger charge is -2.44. The fourth-order valence-electron chi connectivity index (χ4n) is 6.27. The summed E-state index contributed by atoms with van der Waals surface area (Å²) in [6.07, 6.45) is 6.57. The van der Waals surface area contributed by atoms with Crippen molar-refractivity contribution in [3.05, 3.63) is 82.3 Å². The first-order valence-electron chi connectivity index (χ1n) is 13.6. The van der Waals surface area contributed by atoms with Gasteiger partial charge in [-0.25, -0.2) is 18.6 Å². The molecule has 0 spiro atoms. The molecular weight excluding hydrogens is 582 g/mol. The highest BCUT2D eigenvalue weighted by Crippen LogP contribution is 2.46. The first-order chi connectivity index (χ1) is 20.1. The number of aromatic nitrogens is 4. The van der Waals surface area contributed by atoms with Crippen molar-refractivity contribution in [2.45, 2.75) is 50.3 Å². The van der Waals surface area contributed by atoms with Crippen molar-refractivity contribution < 1.29 is 13.6 Å². The summed E-state index contributed by atoms with van der Waals surface area (Å²) in [5.74, 6) is -0.619. The maximum Gasteiger partial charge on any atom is 0.350 e. The van der Waals surface area contributed by atoms with Gasteiger partial charge in [0.2, 0.25) is 5.91 Å². The van der Waals surface area contributed by atoms with E-state index in [0.29, 0.717) is 47.2 Å². The molecule has 42 heavy (non-hydrogen) atoms. The van der Waals surface area contributed by atoms with Crippen LogP contribution in [-0.4, -0.2) is 60.8 Å². The Morgan fingerprint density at radius 1 is 1.14 bits per heavy atom. The fourth-order valence-corrected chi connectivity index (χ4v) is 7.84. The van der Waals surface area contributed by atoms with Gasteiger partial charge in [0.15, 0.2) is 0 Å². The second kappa shape index (κ2) is 10.9. The molecule has 3 atom stereocenters. The Labute approximate surface area is 250 Å². The Hall–Kier alpha value is -3.70. The minimum absolute atomic E-state index is 0.123. The summed E-state index contributed by atoms with van der Waals surface area (Å²) in [6.45, 7) is 10.7. The minimum Gasteiger partial charge on any atom is -0.352 e. The molecule has 0 saturated carbocycles. The standard InChI is InChI=1S/C30H29ClF2N6O2S/c1-5-25(40)39-17(3)11-37(12-18(39)4)29-21-8-16(2)26(20-9-22(31)24(33)10-23(20)32)28-27(21)38(30(41)35-29)13-19(14-42-28)36-7-6-34-15-36/h5-10,15,17-19H,1,11-14H2,2-4H3/t17-,18+,19?. The number of carbonyl (C=O) groups excluding carboxylic acids is 1. The Balaban J connectivity index is 1.59. The van der Waals surface area contributed by atoms with Gasteiger partial charge in [-0.2, -0.15) is 4.98 Å². The average Bonchev–Trinajstić information content (AvgIpc) is 3.41. The lowest BCUT2D eigenvalue weighted by Crippen LogP contribution is -2.58. The number of amides is 1. The Bertz CT molecular complexity index is 1780. The van der Waals surface area contributed by atoms with E-state index in [-0.39, 0.29) is 34.6 Å². The van der Waals surface area contributed by atoms with Gasteiger partial charge in [-0.05, 0) is 44.5 Å². The van der Waals surface area contributed by atoms with Crippen molar-refractivity contribution in [1.29, 1.82) is 0 Å². The summed E-state index contributed by atoms with van der Waals surface area (Å²) >= 11 is 7.64. The molecule has 1 fully saturated rings. The Morgan fingerprint density at radius 2 is 1.88 bits per heavy atom. The molecular formula is C30H29ClF2N6O2S. The molecule has 1 unspecified atom stereocenters. The first-order valence-corrected chi connectivity index (χ1v) is 15.0. The summed E-state index contributed by atoms with van der Waals surface area (Å²) in [7, 11) is 0.